The SMILES string of the molecule is CC(=O)N1CCC(N(Cc2ccc(C)cc2)CC2CCCO2)C[C@@H]1C(=O)NCCN. The molecule has 1 aromatic carbocycles. The number of piperidine rings is 1. The molecule has 2 saturated heterocycles. The molecule has 3 atom stereocenters. The summed E-state index contributed by atoms with van der Waals surface area (Å²) in [6.45, 7) is 7.55. The van der Waals surface area contributed by atoms with E-state index in [0.717, 1.165) is 39.0 Å². The molecule has 0 saturated carbocycles. The molecular formula is C23H36N4O3. The van der Waals surface area contributed by atoms with Gasteiger partial charge >= 0.3 is 0 Å². The highest BCUT2D eigenvalue weighted by Crippen LogP contribution is 2.26. The minimum atomic E-state index is -0.446. The lowest BCUT2D eigenvalue weighted by Gasteiger charge is -2.43. The van der Waals surface area contributed by atoms with Crippen molar-refractivity contribution in [1.29, 1.82) is 0 Å². The maximum absolute atomic E-state index is 12.8. The predicted octanol–water partition coefficient (Wildman–Crippen LogP) is 1.43. The minimum absolute atomic E-state index is 0.0504. The Morgan fingerprint density at radius 2 is 2.03 bits per heavy atom. The smallest absolute Gasteiger partial charge is 0.242 e. The van der Waals surface area contributed by atoms with Crippen LogP contribution in [0.5, 0.6) is 0 Å². The van der Waals surface area contributed by atoms with E-state index in [1.165, 1.54) is 11.1 Å². The molecule has 2 fully saturated rings. The van der Waals surface area contributed by atoms with E-state index in [9.17, 15) is 9.59 Å². The Hall–Kier alpha value is -1.96. The zero-order chi connectivity index (χ0) is 21.5. The number of hydrogen-bond donors (Lipinski definition) is 2. The van der Waals surface area contributed by atoms with Crippen LogP contribution < -0.4 is 11.1 Å². The summed E-state index contributed by atoms with van der Waals surface area (Å²) < 4.78 is 5.92. The lowest BCUT2D eigenvalue weighted by Crippen LogP contribution is -2.57. The largest absolute Gasteiger partial charge is 0.377 e. The van der Waals surface area contributed by atoms with Crippen LogP contribution in [0.3, 0.4) is 0 Å². The van der Waals surface area contributed by atoms with E-state index in [2.05, 4.69) is 41.4 Å². The Morgan fingerprint density at radius 3 is 2.67 bits per heavy atom. The van der Waals surface area contributed by atoms with Crippen molar-refractivity contribution in [2.45, 2.75) is 64.3 Å². The fraction of sp³-hybridized carbons (Fsp3) is 0.652. The maximum Gasteiger partial charge on any atom is 0.242 e. The Morgan fingerprint density at radius 1 is 1.27 bits per heavy atom. The molecule has 7 nitrogen and oxygen atoms in total. The average Bonchev–Trinajstić information content (AvgIpc) is 3.25. The molecule has 0 spiro atoms. The molecule has 2 aliphatic rings. The molecule has 30 heavy (non-hydrogen) atoms. The quantitative estimate of drug-likeness (QED) is 0.669. The highest BCUT2D eigenvalue weighted by atomic mass is 16.5. The number of ether oxygens (including phenoxy) is 1. The van der Waals surface area contributed by atoms with E-state index in [1.54, 1.807) is 11.8 Å². The van der Waals surface area contributed by atoms with Gasteiger partial charge in [0.2, 0.25) is 11.8 Å². The summed E-state index contributed by atoms with van der Waals surface area (Å²) in [7, 11) is 0. The summed E-state index contributed by atoms with van der Waals surface area (Å²) in [5.41, 5.74) is 8.05. The molecular weight excluding hydrogens is 380 g/mol. The number of benzene rings is 1. The highest BCUT2D eigenvalue weighted by molar-refractivity contribution is 5.87. The Kier molecular flexibility index (Phi) is 8.24. The molecule has 0 aliphatic carbocycles. The number of carbonyl (C=O) groups is 2. The topological polar surface area (TPSA) is 87.9 Å². The summed E-state index contributed by atoms with van der Waals surface area (Å²) in [6, 6.07) is 8.40. The van der Waals surface area contributed by atoms with Gasteiger partial charge in [-0.25, -0.2) is 0 Å². The van der Waals surface area contributed by atoms with Crippen molar-refractivity contribution >= 4 is 11.8 Å². The minimum Gasteiger partial charge on any atom is -0.377 e. The molecule has 1 aromatic rings. The van der Waals surface area contributed by atoms with Crippen LogP contribution in [0.25, 0.3) is 0 Å². The standard InChI is InChI=1S/C23H36N4O3/c1-17-5-7-19(8-6-17)15-26(16-21-4-3-13-30-21)20-9-12-27(18(2)28)22(14-20)23(29)25-11-10-24/h5-8,20-22H,3-4,9-16,24H2,1-2H3,(H,25,29)/t20?,21?,22-/m1/s1. The number of nitrogens with one attached hydrogen (secondary N) is 1. The maximum atomic E-state index is 12.8. The third kappa shape index (κ3) is 6.03. The van der Waals surface area contributed by atoms with Gasteiger partial charge in [-0.15, -0.1) is 0 Å². The van der Waals surface area contributed by atoms with Crippen molar-refractivity contribution < 1.29 is 14.3 Å². The second kappa shape index (κ2) is 10.9. The molecule has 3 rings (SSSR count). The number of nitrogens with zero attached hydrogens (tertiary/aromatic N) is 2. The number of nitrogens with two attached hydrogens (primary N) is 1. The molecule has 3 N–H and O–H groups in total. The van der Waals surface area contributed by atoms with E-state index < -0.39 is 6.04 Å². The molecule has 2 aliphatic heterocycles. The lowest BCUT2D eigenvalue weighted by molar-refractivity contribution is -0.142. The number of aryl methyl sites for hydroxylation is 1. The first-order valence-electron chi connectivity index (χ1n) is 11.1. The normalized spacial score (nSPS) is 24.3. The van der Waals surface area contributed by atoms with Crippen LogP contribution in [0.2, 0.25) is 0 Å². The third-order valence-electron chi connectivity index (χ3n) is 6.21. The second-order valence-corrected chi connectivity index (χ2v) is 8.54. The van der Waals surface area contributed by atoms with E-state index in [0.29, 0.717) is 26.1 Å². The molecule has 2 unspecified atom stereocenters. The van der Waals surface area contributed by atoms with Crippen molar-refractivity contribution in [1.82, 2.24) is 15.1 Å². The van der Waals surface area contributed by atoms with E-state index in [4.69, 9.17) is 10.5 Å². The van der Waals surface area contributed by atoms with Gasteiger partial charge in [0.15, 0.2) is 0 Å². The van der Waals surface area contributed by atoms with E-state index >= 15 is 0 Å². The molecule has 0 aromatic heterocycles. The fourth-order valence-electron chi connectivity index (χ4n) is 4.54. The monoisotopic (exact) mass is 416 g/mol. The van der Waals surface area contributed by atoms with Crippen LogP contribution >= 0.6 is 0 Å². The van der Waals surface area contributed by atoms with Gasteiger partial charge in [0.1, 0.15) is 6.04 Å². The average molecular weight is 417 g/mol. The number of rotatable bonds is 8. The first-order valence-corrected chi connectivity index (χ1v) is 11.1. The number of likely N-dealkylation sites (tertiary alicyclic amines) is 1. The highest BCUT2D eigenvalue weighted by Gasteiger charge is 2.37. The van der Waals surface area contributed by atoms with Gasteiger partial charge in [-0.3, -0.25) is 14.5 Å². The van der Waals surface area contributed by atoms with Crippen LogP contribution in [0.15, 0.2) is 24.3 Å². The van der Waals surface area contributed by atoms with Gasteiger partial charge in [0, 0.05) is 52.3 Å². The molecule has 0 bridgehead atoms. The Bertz CT molecular complexity index is 703. The first kappa shape index (κ1) is 22.7. The Balaban J connectivity index is 1.75. The van der Waals surface area contributed by atoms with Crippen molar-refractivity contribution in [3.63, 3.8) is 0 Å². The van der Waals surface area contributed by atoms with Crippen LogP contribution in [0.1, 0.15) is 43.7 Å². The molecule has 2 amide bonds. The van der Waals surface area contributed by atoms with E-state index in [-0.39, 0.29) is 24.0 Å². The van der Waals surface area contributed by atoms with Crippen molar-refractivity contribution in [3.05, 3.63) is 35.4 Å². The number of amides is 2. The van der Waals surface area contributed by atoms with Gasteiger partial charge in [-0.05, 0) is 38.2 Å². The van der Waals surface area contributed by atoms with Crippen molar-refractivity contribution in [2.75, 3.05) is 32.8 Å². The second-order valence-electron chi connectivity index (χ2n) is 8.54. The summed E-state index contributed by atoms with van der Waals surface area (Å²) in [4.78, 5) is 29.1. The molecule has 0 radical (unpaired) electrons. The Labute approximate surface area is 179 Å². The summed E-state index contributed by atoms with van der Waals surface area (Å²) in [5.74, 6) is -0.154. The predicted molar refractivity (Wildman–Crippen MR) is 117 cm³/mol. The zero-order valence-corrected chi connectivity index (χ0v) is 18.3. The van der Waals surface area contributed by atoms with E-state index in [1.807, 2.05) is 0 Å². The van der Waals surface area contributed by atoms with Crippen LogP contribution in [-0.4, -0.2) is 72.6 Å². The first-order chi connectivity index (χ1) is 14.5. The molecule has 7 heteroatoms. The van der Waals surface area contributed by atoms with Crippen LogP contribution in [0, 0.1) is 6.92 Å². The lowest BCUT2D eigenvalue weighted by atomic mass is 9.94. The van der Waals surface area contributed by atoms with Crippen LogP contribution in [-0.2, 0) is 20.9 Å². The fourth-order valence-corrected chi connectivity index (χ4v) is 4.54. The molecule has 166 valence electrons. The zero-order valence-electron chi connectivity index (χ0n) is 18.3. The molecule has 2 heterocycles. The van der Waals surface area contributed by atoms with Gasteiger partial charge < -0.3 is 20.7 Å². The van der Waals surface area contributed by atoms with Gasteiger partial charge in [0.25, 0.3) is 0 Å². The van der Waals surface area contributed by atoms with Crippen molar-refractivity contribution in [2.24, 2.45) is 5.73 Å². The van der Waals surface area contributed by atoms with Gasteiger partial charge in [-0.1, -0.05) is 29.8 Å². The van der Waals surface area contributed by atoms with Crippen molar-refractivity contribution in [3.8, 4) is 0 Å². The summed E-state index contributed by atoms with van der Waals surface area (Å²) in [5, 5.41) is 2.87. The summed E-state index contributed by atoms with van der Waals surface area (Å²) in [6.07, 6.45) is 3.92. The number of carbonyl (C=O) groups excluding carboxylic acids is 2. The van der Waals surface area contributed by atoms with Gasteiger partial charge in [0.05, 0.1) is 6.10 Å². The summed E-state index contributed by atoms with van der Waals surface area (Å²) >= 11 is 0. The number of hydrogen-bond acceptors (Lipinski definition) is 5. The van der Waals surface area contributed by atoms with Gasteiger partial charge in [-0.2, -0.15) is 0 Å². The third-order valence-corrected chi connectivity index (χ3v) is 6.21. The van der Waals surface area contributed by atoms with Crippen LogP contribution in [0.4, 0.5) is 0 Å².